The van der Waals surface area contributed by atoms with Gasteiger partial charge in [-0.2, -0.15) is 0 Å². The molecule has 3 aromatic heterocycles. The summed E-state index contributed by atoms with van der Waals surface area (Å²) < 4.78 is 57.7. The highest BCUT2D eigenvalue weighted by atomic mass is 32.2. The molecule has 0 aromatic carbocycles. The van der Waals surface area contributed by atoms with Crippen LogP contribution >= 0.6 is 11.3 Å². The fraction of sp³-hybridized carbons (Fsp3) is 0.542. The average Bonchev–Trinajstić information content (AvgIpc) is 3.26. The van der Waals surface area contributed by atoms with Crippen molar-refractivity contribution in [3.05, 3.63) is 23.5 Å². The fourth-order valence-corrected chi connectivity index (χ4v) is 7.16. The first-order chi connectivity index (χ1) is 18.8. The van der Waals surface area contributed by atoms with E-state index < -0.39 is 27.0 Å². The lowest BCUT2D eigenvalue weighted by Gasteiger charge is -2.46. The molecular formula is C24H30F2N8O4S2. The monoisotopic (exact) mass is 596 g/mol. The molecule has 216 valence electrons. The number of hydrogen-bond acceptors (Lipinski definition) is 9. The standard InChI is InChI=1S/C24H30F2N8O4S2/c1-14-11-32(12-15(2)34(14)23(36)31(4)7-8-35)17-9-16(40(37,38)30-24(3)5-6-24)13-33-18(17)10-27-20(33)22-29-28-21(39-22)19(25)26/h8-10,13-15,19,30H,5-7,11-12H2,1-4H3/t14-,15-/m0/s1. The summed E-state index contributed by atoms with van der Waals surface area (Å²) in [7, 11) is -2.38. The van der Waals surface area contributed by atoms with Crippen molar-refractivity contribution in [3.8, 4) is 10.8 Å². The van der Waals surface area contributed by atoms with E-state index in [1.165, 1.54) is 11.1 Å². The third kappa shape index (κ3) is 5.26. The second-order valence-electron chi connectivity index (χ2n) is 10.7. The van der Waals surface area contributed by atoms with E-state index in [1.807, 2.05) is 25.7 Å². The minimum absolute atomic E-state index is 0.00879. The van der Waals surface area contributed by atoms with Crippen LogP contribution in [0.3, 0.4) is 0 Å². The minimum atomic E-state index is -3.94. The highest BCUT2D eigenvalue weighted by molar-refractivity contribution is 7.89. The lowest BCUT2D eigenvalue weighted by Crippen LogP contribution is -2.61. The van der Waals surface area contributed by atoms with Gasteiger partial charge in [-0.3, -0.25) is 4.40 Å². The number of urea groups is 1. The maximum atomic E-state index is 13.5. The van der Waals surface area contributed by atoms with E-state index in [0.29, 0.717) is 41.9 Å². The second kappa shape index (κ2) is 10.3. The minimum Gasteiger partial charge on any atom is -0.366 e. The molecule has 5 rings (SSSR count). The SMILES string of the molecule is C[C@H]1CN(c2cc(S(=O)(=O)NC3(C)CC3)cn3c(-c4nnc(C(F)F)s4)ncc23)C[C@H](C)N1C(=O)N(C)CC=O. The lowest BCUT2D eigenvalue weighted by atomic mass is 10.1. The van der Waals surface area contributed by atoms with Crippen LogP contribution in [0, 0.1) is 0 Å². The summed E-state index contributed by atoms with van der Waals surface area (Å²) >= 11 is 0.691. The number of piperazine rings is 1. The molecule has 2 atom stereocenters. The van der Waals surface area contributed by atoms with Gasteiger partial charge in [-0.25, -0.2) is 31.7 Å². The first kappa shape index (κ1) is 28.3. The molecule has 0 bridgehead atoms. The van der Waals surface area contributed by atoms with Crippen molar-refractivity contribution in [2.24, 2.45) is 0 Å². The summed E-state index contributed by atoms with van der Waals surface area (Å²) in [6.07, 6.45) is 2.29. The number of halogens is 2. The highest BCUT2D eigenvalue weighted by Gasteiger charge is 2.42. The Bertz CT molecular complexity index is 1540. The van der Waals surface area contributed by atoms with E-state index in [9.17, 15) is 26.8 Å². The van der Waals surface area contributed by atoms with Crippen LogP contribution in [-0.2, 0) is 14.8 Å². The average molecular weight is 597 g/mol. The van der Waals surface area contributed by atoms with Gasteiger partial charge >= 0.3 is 6.03 Å². The molecule has 1 aliphatic heterocycles. The molecule has 4 heterocycles. The van der Waals surface area contributed by atoms with Gasteiger partial charge in [-0.05, 0) is 39.7 Å². The number of imidazole rings is 1. The van der Waals surface area contributed by atoms with E-state index in [1.54, 1.807) is 28.6 Å². The fourth-order valence-electron chi connectivity index (χ4n) is 4.98. The third-order valence-electron chi connectivity index (χ3n) is 7.26. The smallest absolute Gasteiger partial charge is 0.320 e. The van der Waals surface area contributed by atoms with Gasteiger partial charge in [0.2, 0.25) is 10.0 Å². The number of aromatic nitrogens is 4. The molecule has 2 fully saturated rings. The maximum Gasteiger partial charge on any atom is 0.320 e. The van der Waals surface area contributed by atoms with E-state index in [2.05, 4.69) is 19.9 Å². The molecule has 0 unspecified atom stereocenters. The van der Waals surface area contributed by atoms with Crippen LogP contribution in [0.2, 0.25) is 0 Å². The van der Waals surface area contributed by atoms with Crippen molar-refractivity contribution >= 4 is 44.9 Å². The number of pyridine rings is 1. The van der Waals surface area contributed by atoms with Crippen molar-refractivity contribution in [1.82, 2.24) is 34.1 Å². The normalized spacial score (nSPS) is 20.8. The first-order valence-electron chi connectivity index (χ1n) is 12.7. The predicted molar refractivity (Wildman–Crippen MR) is 144 cm³/mol. The zero-order chi connectivity index (χ0) is 29.0. The van der Waals surface area contributed by atoms with Crippen LogP contribution in [0.15, 0.2) is 23.4 Å². The van der Waals surface area contributed by atoms with Gasteiger partial charge in [-0.15, -0.1) is 10.2 Å². The van der Waals surface area contributed by atoms with Crippen molar-refractivity contribution in [2.75, 3.05) is 31.6 Å². The summed E-state index contributed by atoms with van der Waals surface area (Å²) in [5.74, 6) is 0.195. The number of hydrogen-bond donors (Lipinski definition) is 1. The first-order valence-corrected chi connectivity index (χ1v) is 15.0. The van der Waals surface area contributed by atoms with Crippen molar-refractivity contribution < 1.29 is 26.8 Å². The quantitative estimate of drug-likeness (QED) is 0.393. The van der Waals surface area contributed by atoms with E-state index >= 15 is 0 Å². The summed E-state index contributed by atoms with van der Waals surface area (Å²) in [6, 6.07) is 0.768. The lowest BCUT2D eigenvalue weighted by molar-refractivity contribution is -0.108. The molecule has 40 heavy (non-hydrogen) atoms. The van der Waals surface area contributed by atoms with Crippen LogP contribution in [-0.4, -0.2) is 94.4 Å². The van der Waals surface area contributed by atoms with Crippen molar-refractivity contribution in [2.45, 2.75) is 62.6 Å². The number of fused-ring (bicyclic) bond motifs is 1. The molecule has 12 nitrogen and oxygen atoms in total. The predicted octanol–water partition coefficient (Wildman–Crippen LogP) is 2.77. The number of aldehydes is 1. The van der Waals surface area contributed by atoms with Crippen LogP contribution < -0.4 is 9.62 Å². The van der Waals surface area contributed by atoms with Gasteiger partial charge in [-0.1, -0.05) is 11.3 Å². The Balaban J connectivity index is 1.57. The molecular weight excluding hydrogens is 566 g/mol. The Labute approximate surface area is 234 Å². The van der Waals surface area contributed by atoms with Gasteiger partial charge in [0, 0.05) is 44.0 Å². The molecule has 0 radical (unpaired) electrons. The Morgan fingerprint density at radius 2 is 1.95 bits per heavy atom. The van der Waals surface area contributed by atoms with E-state index in [4.69, 9.17) is 0 Å². The summed E-state index contributed by atoms with van der Waals surface area (Å²) in [5.41, 5.74) is 0.602. The van der Waals surface area contributed by atoms with Crippen molar-refractivity contribution in [3.63, 3.8) is 0 Å². The third-order valence-corrected chi connectivity index (χ3v) is 9.79. The van der Waals surface area contributed by atoms with Gasteiger partial charge in [0.05, 0.1) is 23.9 Å². The van der Waals surface area contributed by atoms with Crippen LogP contribution in [0.25, 0.3) is 16.3 Å². The van der Waals surface area contributed by atoms with Crippen LogP contribution in [0.5, 0.6) is 0 Å². The van der Waals surface area contributed by atoms with Crippen LogP contribution in [0.4, 0.5) is 19.3 Å². The van der Waals surface area contributed by atoms with Gasteiger partial charge in [0.1, 0.15) is 11.2 Å². The Morgan fingerprint density at radius 3 is 2.52 bits per heavy atom. The number of likely N-dealkylation sites (N-methyl/N-ethyl adjacent to an activating group) is 1. The molecule has 2 aliphatic rings. The Hall–Kier alpha value is -3.24. The molecule has 1 aliphatic carbocycles. The van der Waals surface area contributed by atoms with Crippen molar-refractivity contribution in [1.29, 1.82) is 0 Å². The largest absolute Gasteiger partial charge is 0.366 e. The number of anilines is 1. The van der Waals surface area contributed by atoms with E-state index in [-0.39, 0.29) is 40.4 Å². The summed E-state index contributed by atoms with van der Waals surface area (Å²) in [4.78, 5) is 33.4. The number of carbonyl (C=O) groups is 2. The van der Waals surface area contributed by atoms with Gasteiger partial charge in [0.15, 0.2) is 15.8 Å². The molecule has 1 saturated heterocycles. The summed E-state index contributed by atoms with van der Waals surface area (Å²) in [6.45, 7) is 6.34. The number of alkyl halides is 2. The van der Waals surface area contributed by atoms with Gasteiger partial charge < -0.3 is 19.5 Å². The Morgan fingerprint density at radius 1 is 1.27 bits per heavy atom. The molecule has 0 spiro atoms. The summed E-state index contributed by atoms with van der Waals surface area (Å²) in [5, 5.41) is 7.10. The van der Waals surface area contributed by atoms with Gasteiger partial charge in [0.25, 0.3) is 6.43 Å². The maximum absolute atomic E-state index is 13.5. The number of nitrogens with one attached hydrogen (secondary N) is 1. The number of rotatable bonds is 8. The molecule has 3 aromatic rings. The number of amides is 2. The molecule has 1 N–H and O–H groups in total. The zero-order valence-electron chi connectivity index (χ0n) is 22.4. The topological polar surface area (TPSA) is 133 Å². The highest BCUT2D eigenvalue weighted by Crippen LogP contribution is 2.38. The molecule has 2 amide bonds. The van der Waals surface area contributed by atoms with Crippen LogP contribution in [0.1, 0.15) is 45.0 Å². The number of sulfonamides is 1. The molecule has 16 heteroatoms. The second-order valence-corrected chi connectivity index (χ2v) is 13.3. The zero-order valence-corrected chi connectivity index (χ0v) is 24.0. The molecule has 1 saturated carbocycles. The number of nitrogens with zero attached hydrogens (tertiary/aromatic N) is 7. The Kier molecular flexibility index (Phi) is 7.29. The van der Waals surface area contributed by atoms with E-state index in [0.717, 1.165) is 12.8 Å². The number of carbonyl (C=O) groups excluding carboxylic acids is 2.